The Morgan fingerprint density at radius 1 is 0.596 bits per heavy atom. The van der Waals surface area contributed by atoms with Crippen molar-refractivity contribution in [2.75, 3.05) is 26.4 Å². The van der Waals surface area contributed by atoms with Gasteiger partial charge in [0, 0.05) is 6.42 Å². The molecule has 0 saturated carbocycles. The van der Waals surface area contributed by atoms with Gasteiger partial charge in [-0.1, -0.05) is 126 Å². The minimum atomic E-state index is -2.06. The zero-order chi connectivity index (χ0) is 36.0. The number of carbonyl (C=O) groups excluding carboxylic acids is 3. The van der Waals surface area contributed by atoms with Crippen LogP contribution in [0.25, 0.3) is 0 Å². The van der Waals surface area contributed by atoms with Crippen LogP contribution in [-0.2, 0) is 32.7 Å². The first-order valence-corrected chi connectivity index (χ1v) is 24.5. The third-order valence-corrected chi connectivity index (χ3v) is 18.9. The van der Waals surface area contributed by atoms with Crippen LogP contribution in [0.1, 0.15) is 151 Å². The smallest absolute Gasteiger partial charge is 0.306 e. The Bertz CT molecular complexity index is 836. The highest BCUT2D eigenvalue weighted by Crippen LogP contribution is 2.38. The molecule has 0 aliphatic heterocycles. The van der Waals surface area contributed by atoms with Crippen LogP contribution in [0.4, 0.5) is 0 Å². The number of ether oxygens (including phenoxy) is 2. The van der Waals surface area contributed by atoms with Gasteiger partial charge in [0.05, 0.1) is 32.6 Å². The normalized spacial score (nSPS) is 12.8. The molecular formula is C37H75NO7Si2. The van der Waals surface area contributed by atoms with Crippen molar-refractivity contribution in [1.29, 1.82) is 0 Å². The molecule has 278 valence electrons. The summed E-state index contributed by atoms with van der Waals surface area (Å²) in [6, 6.07) is 0. The number of amides is 1. The van der Waals surface area contributed by atoms with Gasteiger partial charge in [0.1, 0.15) is 12.7 Å². The molecule has 0 saturated heterocycles. The maximum Gasteiger partial charge on any atom is 0.306 e. The summed E-state index contributed by atoms with van der Waals surface area (Å²) >= 11 is 0. The fraction of sp³-hybridized carbons (Fsp3) is 0.919. The average Bonchev–Trinajstić information content (AvgIpc) is 2.96. The van der Waals surface area contributed by atoms with E-state index < -0.39 is 34.7 Å². The van der Waals surface area contributed by atoms with Crippen LogP contribution in [-0.4, -0.2) is 66.9 Å². The fourth-order valence-electron chi connectivity index (χ4n) is 4.42. The topological polar surface area (TPSA) is 100 Å². The maximum absolute atomic E-state index is 12.7. The van der Waals surface area contributed by atoms with Gasteiger partial charge in [-0.2, -0.15) is 0 Å². The van der Waals surface area contributed by atoms with E-state index in [1.807, 2.05) is 0 Å². The lowest BCUT2D eigenvalue weighted by Crippen LogP contribution is -2.46. The highest BCUT2D eigenvalue weighted by atomic mass is 28.4. The third kappa shape index (κ3) is 22.9. The van der Waals surface area contributed by atoms with E-state index in [0.29, 0.717) is 6.42 Å². The number of hydrogen-bond acceptors (Lipinski definition) is 7. The van der Waals surface area contributed by atoms with Gasteiger partial charge in [-0.3, -0.25) is 14.4 Å². The van der Waals surface area contributed by atoms with E-state index in [2.05, 4.69) is 80.0 Å². The zero-order valence-electron chi connectivity index (χ0n) is 32.6. The monoisotopic (exact) mass is 702 g/mol. The summed E-state index contributed by atoms with van der Waals surface area (Å²) < 4.78 is 23.7. The van der Waals surface area contributed by atoms with Crippen molar-refractivity contribution in [3.05, 3.63) is 0 Å². The van der Waals surface area contributed by atoms with Gasteiger partial charge in [0.15, 0.2) is 16.6 Å². The molecule has 1 N–H and O–H groups in total. The summed E-state index contributed by atoms with van der Waals surface area (Å²) in [6.45, 7) is 24.8. The fourth-order valence-corrected chi connectivity index (χ4v) is 6.49. The van der Waals surface area contributed by atoms with E-state index in [9.17, 15) is 14.4 Å². The van der Waals surface area contributed by atoms with Gasteiger partial charge in [0.2, 0.25) is 5.91 Å². The summed E-state index contributed by atoms with van der Waals surface area (Å²) in [5, 5.41) is 2.87. The van der Waals surface area contributed by atoms with E-state index in [1.54, 1.807) is 0 Å². The molecule has 0 atom stereocenters. The number of esters is 2. The second-order valence-corrected chi connectivity index (χ2v) is 25.9. The summed E-state index contributed by atoms with van der Waals surface area (Å²) in [5.74, 6) is -0.978. The van der Waals surface area contributed by atoms with Crippen molar-refractivity contribution in [2.45, 2.75) is 194 Å². The van der Waals surface area contributed by atoms with Crippen LogP contribution in [0.15, 0.2) is 0 Å². The van der Waals surface area contributed by atoms with Gasteiger partial charge < -0.3 is 23.6 Å². The number of rotatable bonds is 27. The number of nitrogens with one attached hydrogen (secondary N) is 1. The number of carbonyl (C=O) groups is 3. The molecule has 47 heavy (non-hydrogen) atoms. The highest BCUT2D eigenvalue weighted by Gasteiger charge is 2.40. The van der Waals surface area contributed by atoms with Crippen molar-refractivity contribution in [2.24, 2.45) is 0 Å². The average molecular weight is 702 g/mol. The van der Waals surface area contributed by atoms with E-state index in [0.717, 1.165) is 12.8 Å². The molecule has 8 nitrogen and oxygen atoms in total. The first-order valence-electron chi connectivity index (χ1n) is 18.7. The molecule has 0 aromatic heterocycles. The Morgan fingerprint density at radius 2 is 1.00 bits per heavy atom. The van der Waals surface area contributed by atoms with Gasteiger partial charge >= 0.3 is 11.9 Å². The highest BCUT2D eigenvalue weighted by molar-refractivity contribution is 6.74. The molecule has 0 heterocycles. The lowest BCUT2D eigenvalue weighted by atomic mass is 10.0. The molecule has 0 bridgehead atoms. The standard InChI is InChI=1S/C37H75NO7Si2/c1-12-13-14-15-16-17-18-19-20-21-22-23-24-25-33(39)38-28-29-42-34(40)26-27-35(41)45-32(30-43-46(8,9)36(2,3)4)31-44-47(10,11)37(5,6)7/h32H,12-31H2,1-11H3,(H,38,39). The molecule has 0 unspecified atom stereocenters. The van der Waals surface area contributed by atoms with Crippen molar-refractivity contribution < 1.29 is 32.7 Å². The SMILES string of the molecule is CCCCCCCCCCCCCCCC(=O)NCCOC(=O)CCC(=O)OC(CO[Si](C)(C)C(C)(C)C)CO[Si](C)(C)C(C)(C)C. The van der Waals surface area contributed by atoms with E-state index >= 15 is 0 Å². The lowest BCUT2D eigenvalue weighted by molar-refractivity contribution is -0.156. The van der Waals surface area contributed by atoms with Crippen molar-refractivity contribution in [1.82, 2.24) is 5.32 Å². The Hall–Kier alpha value is -1.24. The molecule has 0 radical (unpaired) electrons. The van der Waals surface area contributed by atoms with Crippen molar-refractivity contribution in [3.63, 3.8) is 0 Å². The third-order valence-electron chi connectivity index (χ3n) is 9.90. The zero-order valence-corrected chi connectivity index (χ0v) is 34.6. The Labute approximate surface area is 291 Å². The quantitative estimate of drug-likeness (QED) is 0.0517. The summed E-state index contributed by atoms with van der Waals surface area (Å²) in [6.07, 6.45) is 16.3. The summed E-state index contributed by atoms with van der Waals surface area (Å²) in [7, 11) is -4.11. The van der Waals surface area contributed by atoms with E-state index in [1.165, 1.54) is 70.6 Å². The van der Waals surface area contributed by atoms with Crippen molar-refractivity contribution >= 4 is 34.5 Å². The molecule has 1 amide bonds. The second-order valence-electron chi connectivity index (χ2n) is 16.3. The van der Waals surface area contributed by atoms with E-state index in [-0.39, 0.29) is 55.2 Å². The molecule has 0 aromatic rings. The molecular weight excluding hydrogens is 627 g/mol. The van der Waals surface area contributed by atoms with Gasteiger partial charge in [0.25, 0.3) is 0 Å². The molecule has 0 spiro atoms. The predicted octanol–water partition coefficient (Wildman–Crippen LogP) is 9.86. The first-order chi connectivity index (χ1) is 21.8. The van der Waals surface area contributed by atoms with Gasteiger partial charge in [-0.05, 0) is 42.7 Å². The number of unbranched alkanes of at least 4 members (excludes halogenated alkanes) is 12. The maximum atomic E-state index is 12.7. The van der Waals surface area contributed by atoms with E-state index in [4.69, 9.17) is 18.3 Å². The molecule has 10 heteroatoms. The minimum absolute atomic E-state index is 0.0152. The minimum Gasteiger partial charge on any atom is -0.464 e. The summed E-state index contributed by atoms with van der Waals surface area (Å²) in [4.78, 5) is 37.1. The van der Waals surface area contributed by atoms with Crippen molar-refractivity contribution in [3.8, 4) is 0 Å². The molecule has 0 aromatic carbocycles. The largest absolute Gasteiger partial charge is 0.464 e. The molecule has 0 aliphatic rings. The van der Waals surface area contributed by atoms with Crippen LogP contribution in [0, 0.1) is 0 Å². The van der Waals surface area contributed by atoms with Crippen LogP contribution < -0.4 is 5.32 Å². The Morgan fingerprint density at radius 3 is 1.43 bits per heavy atom. The lowest BCUT2D eigenvalue weighted by Gasteiger charge is -2.39. The Kier molecular flexibility index (Phi) is 23.4. The van der Waals surface area contributed by atoms with Crippen LogP contribution >= 0.6 is 0 Å². The summed E-state index contributed by atoms with van der Waals surface area (Å²) in [5.41, 5.74) is 0. The second kappa shape index (κ2) is 24.0. The molecule has 0 fully saturated rings. The molecule has 0 rings (SSSR count). The predicted molar refractivity (Wildman–Crippen MR) is 200 cm³/mol. The molecule has 0 aliphatic carbocycles. The Balaban J connectivity index is 4.25. The number of hydrogen-bond donors (Lipinski definition) is 1. The van der Waals surface area contributed by atoms with Crippen LogP contribution in [0.3, 0.4) is 0 Å². The van der Waals surface area contributed by atoms with Gasteiger partial charge in [-0.25, -0.2) is 0 Å². The first kappa shape index (κ1) is 45.8. The van der Waals surface area contributed by atoms with Crippen LogP contribution in [0.5, 0.6) is 0 Å². The van der Waals surface area contributed by atoms with Gasteiger partial charge in [-0.15, -0.1) is 0 Å². The van der Waals surface area contributed by atoms with Crippen LogP contribution in [0.2, 0.25) is 36.3 Å².